The molecule has 1 aliphatic rings. The second kappa shape index (κ2) is 11.3. The Morgan fingerprint density at radius 1 is 1.00 bits per heavy atom. The number of nitrogens with two attached hydrogens (primary N) is 1. The number of sulfonamides is 1. The van der Waals surface area contributed by atoms with E-state index in [1.807, 2.05) is 12.1 Å². The third-order valence-corrected chi connectivity index (χ3v) is 7.92. The highest BCUT2D eigenvalue weighted by Gasteiger charge is 2.46. The molecule has 3 aromatic carbocycles. The molecule has 0 aromatic heterocycles. The number of carbonyl (C=O) groups is 2. The predicted molar refractivity (Wildman–Crippen MR) is 137 cm³/mol. The van der Waals surface area contributed by atoms with Gasteiger partial charge in [-0.2, -0.15) is 4.31 Å². The van der Waals surface area contributed by atoms with Crippen molar-refractivity contribution in [3.8, 4) is 0 Å². The zero-order valence-electron chi connectivity index (χ0n) is 19.6. The van der Waals surface area contributed by atoms with Gasteiger partial charge in [0.25, 0.3) is 5.91 Å². The number of benzene rings is 3. The van der Waals surface area contributed by atoms with Crippen LogP contribution in [0.5, 0.6) is 0 Å². The van der Waals surface area contributed by atoms with Gasteiger partial charge in [0, 0.05) is 36.9 Å². The number of nitrogens with one attached hydrogen (secondary N) is 2. The van der Waals surface area contributed by atoms with Crippen molar-refractivity contribution >= 4 is 39.2 Å². The Morgan fingerprint density at radius 3 is 2.41 bits per heavy atom. The Morgan fingerprint density at radius 2 is 1.70 bits per heavy atom. The molecule has 1 aliphatic heterocycles. The highest BCUT2D eigenvalue weighted by molar-refractivity contribution is 7.89. The lowest BCUT2D eigenvalue weighted by molar-refractivity contribution is -0.127. The van der Waals surface area contributed by atoms with Crippen LogP contribution in [0.2, 0.25) is 5.02 Å². The normalized spacial score (nSPS) is 16.0. The minimum atomic E-state index is -4.24. The van der Waals surface area contributed by atoms with E-state index in [9.17, 15) is 22.4 Å². The topological polar surface area (TPSA) is 125 Å². The highest BCUT2D eigenvalue weighted by Crippen LogP contribution is 2.26. The van der Waals surface area contributed by atoms with Crippen molar-refractivity contribution in [1.29, 1.82) is 0 Å². The number of hydrogen-bond donors (Lipinski definition) is 3. The summed E-state index contributed by atoms with van der Waals surface area (Å²) >= 11 is 6.00. The van der Waals surface area contributed by atoms with Crippen molar-refractivity contribution in [3.05, 3.63) is 94.8 Å². The van der Waals surface area contributed by atoms with Crippen LogP contribution < -0.4 is 16.4 Å². The molecular weight excluding hydrogens is 521 g/mol. The summed E-state index contributed by atoms with van der Waals surface area (Å²) in [6, 6.07) is 17.3. The summed E-state index contributed by atoms with van der Waals surface area (Å²) in [5.41, 5.74) is 7.70. The van der Waals surface area contributed by atoms with E-state index >= 15 is 0 Å². The Bertz CT molecular complexity index is 1400. The fourth-order valence-electron chi connectivity index (χ4n) is 3.99. The van der Waals surface area contributed by atoms with Crippen LogP contribution in [0, 0.1) is 5.82 Å². The Balaban J connectivity index is 1.61. The van der Waals surface area contributed by atoms with Crippen molar-refractivity contribution < 1.29 is 22.4 Å². The summed E-state index contributed by atoms with van der Waals surface area (Å²) in [6.07, 6.45) is -1.48. The van der Waals surface area contributed by atoms with Crippen LogP contribution in [0.25, 0.3) is 0 Å². The van der Waals surface area contributed by atoms with E-state index in [0.29, 0.717) is 17.3 Å². The zero-order valence-corrected chi connectivity index (χ0v) is 21.2. The van der Waals surface area contributed by atoms with Crippen molar-refractivity contribution in [2.75, 3.05) is 18.4 Å². The van der Waals surface area contributed by atoms with Crippen LogP contribution >= 0.6 is 11.6 Å². The quantitative estimate of drug-likeness (QED) is 0.421. The monoisotopic (exact) mass is 545 g/mol. The lowest BCUT2D eigenvalue weighted by atomic mass is 10.1. The summed E-state index contributed by atoms with van der Waals surface area (Å²) < 4.78 is 41.2. The first-order valence-corrected chi connectivity index (χ1v) is 13.2. The summed E-state index contributed by atoms with van der Waals surface area (Å²) in [6.45, 7) is 0.236. The van der Waals surface area contributed by atoms with E-state index in [2.05, 4.69) is 10.6 Å². The summed E-state index contributed by atoms with van der Waals surface area (Å²) in [7, 11) is -4.24. The minimum Gasteiger partial charge on any atom is -0.349 e. The van der Waals surface area contributed by atoms with Gasteiger partial charge in [-0.3, -0.25) is 9.69 Å². The molecule has 37 heavy (non-hydrogen) atoms. The largest absolute Gasteiger partial charge is 0.349 e. The van der Waals surface area contributed by atoms with Gasteiger partial charge in [0.15, 0.2) is 6.17 Å². The molecule has 194 valence electrons. The molecule has 0 radical (unpaired) electrons. The van der Waals surface area contributed by atoms with Crippen molar-refractivity contribution in [1.82, 2.24) is 14.5 Å². The maximum Gasteiger partial charge on any atom is 0.323 e. The van der Waals surface area contributed by atoms with Gasteiger partial charge in [-0.05, 0) is 53.6 Å². The second-order valence-electron chi connectivity index (χ2n) is 8.32. The van der Waals surface area contributed by atoms with Gasteiger partial charge in [0.1, 0.15) is 5.82 Å². The maximum atomic E-state index is 13.4. The van der Waals surface area contributed by atoms with E-state index < -0.39 is 33.9 Å². The minimum absolute atomic E-state index is 0.0480. The molecule has 9 nitrogen and oxygen atoms in total. The van der Waals surface area contributed by atoms with E-state index in [4.69, 9.17) is 17.3 Å². The second-order valence-corrected chi connectivity index (χ2v) is 10.6. The number of carbonyl (C=O) groups excluding carboxylic acids is 2. The number of hydrogen-bond acceptors (Lipinski definition) is 5. The van der Waals surface area contributed by atoms with Crippen LogP contribution in [0.1, 0.15) is 11.1 Å². The molecule has 4 N–H and O–H groups in total. The summed E-state index contributed by atoms with van der Waals surface area (Å²) in [5, 5.41) is 5.78. The lowest BCUT2D eigenvalue weighted by Crippen LogP contribution is -2.54. The molecule has 1 saturated heterocycles. The van der Waals surface area contributed by atoms with Crippen LogP contribution in [0.4, 0.5) is 14.9 Å². The van der Waals surface area contributed by atoms with Gasteiger partial charge in [-0.15, -0.1) is 0 Å². The van der Waals surface area contributed by atoms with Gasteiger partial charge < -0.3 is 16.4 Å². The van der Waals surface area contributed by atoms with Crippen LogP contribution in [0.15, 0.2) is 77.7 Å². The molecule has 4 rings (SSSR count). The van der Waals surface area contributed by atoms with Crippen molar-refractivity contribution in [2.45, 2.75) is 24.2 Å². The molecule has 1 fully saturated rings. The molecule has 0 bridgehead atoms. The first-order valence-electron chi connectivity index (χ1n) is 11.4. The van der Waals surface area contributed by atoms with Crippen LogP contribution in [0.3, 0.4) is 0 Å². The molecule has 1 heterocycles. The van der Waals surface area contributed by atoms with Gasteiger partial charge in [-0.1, -0.05) is 41.9 Å². The molecule has 1 atom stereocenters. The Hall–Kier alpha value is -3.51. The maximum absolute atomic E-state index is 13.4. The van der Waals surface area contributed by atoms with E-state index in [1.165, 1.54) is 6.07 Å². The molecule has 0 spiro atoms. The van der Waals surface area contributed by atoms with E-state index in [1.54, 1.807) is 30.3 Å². The number of urea groups is 1. The first-order chi connectivity index (χ1) is 17.7. The average Bonchev–Trinajstić information content (AvgIpc) is 3.34. The molecule has 3 aromatic rings. The van der Waals surface area contributed by atoms with Crippen LogP contribution in [-0.4, -0.2) is 48.8 Å². The van der Waals surface area contributed by atoms with Gasteiger partial charge >= 0.3 is 6.03 Å². The van der Waals surface area contributed by atoms with Crippen LogP contribution in [-0.2, 0) is 27.9 Å². The van der Waals surface area contributed by atoms with Crippen molar-refractivity contribution in [2.24, 2.45) is 5.73 Å². The number of amides is 3. The Kier molecular flexibility index (Phi) is 8.08. The van der Waals surface area contributed by atoms with E-state index in [-0.39, 0.29) is 24.5 Å². The molecule has 1 unspecified atom stereocenters. The number of nitrogens with zero attached hydrogens (tertiary/aromatic N) is 2. The number of rotatable bonds is 7. The average molecular weight is 546 g/mol. The third kappa shape index (κ3) is 6.08. The summed E-state index contributed by atoms with van der Waals surface area (Å²) in [4.78, 5) is 27.5. The standard InChI is InChI=1S/C25H25ClFN5O4S/c26-19-5-2-6-21(14-19)30-25(34)31-11-12-32(37(35,36)22-9-7-20(27)8-10-22)24(31)23(33)29-16-18-4-1-3-17(13-18)15-28/h1-10,13-14,24H,11-12,15-16,28H2,(H,29,33)(H,30,34). The van der Waals surface area contributed by atoms with Gasteiger partial charge in [0.2, 0.25) is 10.0 Å². The zero-order chi connectivity index (χ0) is 26.6. The number of anilines is 1. The predicted octanol–water partition coefficient (Wildman–Crippen LogP) is 3.12. The number of halogens is 2. The van der Waals surface area contributed by atoms with Gasteiger partial charge in [0.05, 0.1) is 4.90 Å². The molecule has 3 amide bonds. The molecular formula is C25H25ClFN5O4S. The molecule has 12 heteroatoms. The van der Waals surface area contributed by atoms with Crippen molar-refractivity contribution in [3.63, 3.8) is 0 Å². The van der Waals surface area contributed by atoms with E-state index in [0.717, 1.165) is 44.6 Å². The summed E-state index contributed by atoms with van der Waals surface area (Å²) in [5.74, 6) is -1.29. The fourth-order valence-corrected chi connectivity index (χ4v) is 5.73. The lowest BCUT2D eigenvalue weighted by Gasteiger charge is -2.29. The smallest absolute Gasteiger partial charge is 0.323 e. The molecule has 0 aliphatic carbocycles. The third-order valence-electron chi connectivity index (χ3n) is 5.81. The van der Waals surface area contributed by atoms with Gasteiger partial charge in [-0.25, -0.2) is 17.6 Å². The first kappa shape index (κ1) is 26.6. The molecule has 0 saturated carbocycles. The highest BCUT2D eigenvalue weighted by atomic mass is 35.5. The fraction of sp³-hybridized carbons (Fsp3) is 0.200. The SMILES string of the molecule is NCc1cccc(CNC(=O)C2N(C(=O)Nc3cccc(Cl)c3)CCN2S(=O)(=O)c2ccc(F)cc2)c1. The Labute approximate surface area is 219 Å².